The molecule has 0 bridgehead atoms. The molecule has 0 atom stereocenters. The minimum atomic E-state index is -1.02. The lowest BCUT2D eigenvalue weighted by Crippen LogP contribution is -2.05. The van der Waals surface area contributed by atoms with Crippen LogP contribution in [0.3, 0.4) is 0 Å². The number of benzene rings is 1. The number of nitrogens with zero attached hydrogens (tertiary/aromatic N) is 2. The van der Waals surface area contributed by atoms with E-state index in [2.05, 4.69) is 9.97 Å². The maximum atomic E-state index is 13.1. The molecular formula is C15H14F2N2OS. The summed E-state index contributed by atoms with van der Waals surface area (Å²) in [4.78, 5) is 20.5. The van der Waals surface area contributed by atoms with Crippen LogP contribution >= 0.6 is 11.8 Å². The van der Waals surface area contributed by atoms with E-state index in [-0.39, 0.29) is 17.1 Å². The summed E-state index contributed by atoms with van der Waals surface area (Å²) in [5, 5.41) is 0.506. The fraction of sp³-hybridized carbons (Fsp3) is 0.267. The zero-order valence-corrected chi connectivity index (χ0v) is 12.7. The second kappa shape index (κ2) is 6.30. The van der Waals surface area contributed by atoms with Crippen LogP contribution in [0.4, 0.5) is 8.78 Å². The molecule has 0 spiro atoms. The van der Waals surface area contributed by atoms with E-state index in [1.54, 1.807) is 0 Å². The largest absolute Gasteiger partial charge is 0.293 e. The molecule has 3 nitrogen and oxygen atoms in total. The second-order valence-corrected chi connectivity index (χ2v) is 5.59. The Labute approximate surface area is 125 Å². The van der Waals surface area contributed by atoms with Gasteiger partial charge < -0.3 is 0 Å². The number of aromatic nitrogens is 2. The van der Waals surface area contributed by atoms with Crippen LogP contribution in [0.1, 0.15) is 27.3 Å². The molecule has 2 aromatic rings. The maximum Gasteiger partial charge on any atom is 0.188 e. The van der Waals surface area contributed by atoms with Gasteiger partial charge in [0, 0.05) is 17.0 Å². The van der Waals surface area contributed by atoms with Crippen LogP contribution in [0, 0.1) is 32.4 Å². The summed E-state index contributed by atoms with van der Waals surface area (Å²) in [6.07, 6.45) is 0. The zero-order valence-electron chi connectivity index (χ0n) is 11.9. The average Bonchev–Trinajstić information content (AvgIpc) is 2.44. The number of hydrogen-bond acceptors (Lipinski definition) is 4. The van der Waals surface area contributed by atoms with Gasteiger partial charge in [0.15, 0.2) is 22.6 Å². The Morgan fingerprint density at radius 1 is 1.10 bits per heavy atom. The first-order chi connectivity index (χ1) is 9.88. The minimum Gasteiger partial charge on any atom is -0.293 e. The minimum absolute atomic E-state index is 0.0764. The normalized spacial score (nSPS) is 10.7. The monoisotopic (exact) mass is 308 g/mol. The summed E-state index contributed by atoms with van der Waals surface area (Å²) in [5.41, 5.74) is 2.89. The topological polar surface area (TPSA) is 42.9 Å². The Hall–Kier alpha value is -1.82. The first-order valence-electron chi connectivity index (χ1n) is 6.31. The molecule has 0 aliphatic heterocycles. The lowest BCUT2D eigenvalue weighted by Gasteiger charge is -2.06. The van der Waals surface area contributed by atoms with Crippen LogP contribution in [0.2, 0.25) is 0 Å². The molecule has 0 fully saturated rings. The van der Waals surface area contributed by atoms with Crippen molar-refractivity contribution in [2.24, 2.45) is 0 Å². The Morgan fingerprint density at radius 2 is 1.71 bits per heavy atom. The van der Waals surface area contributed by atoms with E-state index >= 15 is 0 Å². The molecule has 0 radical (unpaired) electrons. The van der Waals surface area contributed by atoms with Gasteiger partial charge in [-0.15, -0.1) is 0 Å². The van der Waals surface area contributed by atoms with Crippen LogP contribution in [0.15, 0.2) is 23.4 Å². The van der Waals surface area contributed by atoms with Crippen molar-refractivity contribution in [3.05, 3.63) is 52.3 Å². The van der Waals surface area contributed by atoms with Gasteiger partial charge in [0.1, 0.15) is 0 Å². The third-order valence-corrected chi connectivity index (χ3v) is 4.03. The number of rotatable bonds is 4. The summed E-state index contributed by atoms with van der Waals surface area (Å²) >= 11 is 1.18. The number of hydrogen-bond donors (Lipinski definition) is 0. The molecule has 6 heteroatoms. The number of carbonyl (C=O) groups is 1. The SMILES string of the molecule is Cc1nc(SCC(=O)c2ccc(F)c(F)c2)nc(C)c1C. The summed E-state index contributed by atoms with van der Waals surface area (Å²) in [6.45, 7) is 5.70. The van der Waals surface area contributed by atoms with Gasteiger partial charge in [0.25, 0.3) is 0 Å². The van der Waals surface area contributed by atoms with Gasteiger partial charge >= 0.3 is 0 Å². The highest BCUT2D eigenvalue weighted by Gasteiger charge is 2.12. The van der Waals surface area contributed by atoms with Gasteiger partial charge in [-0.1, -0.05) is 11.8 Å². The average molecular weight is 308 g/mol. The summed E-state index contributed by atoms with van der Waals surface area (Å²) in [5.74, 6) is -2.21. The molecule has 0 amide bonds. The summed E-state index contributed by atoms with van der Waals surface area (Å²) in [7, 11) is 0. The van der Waals surface area contributed by atoms with E-state index in [1.807, 2.05) is 20.8 Å². The fourth-order valence-electron chi connectivity index (χ4n) is 1.69. The lowest BCUT2D eigenvalue weighted by molar-refractivity contribution is 0.102. The van der Waals surface area contributed by atoms with Crippen molar-refractivity contribution in [2.75, 3.05) is 5.75 Å². The number of ketones is 1. The smallest absolute Gasteiger partial charge is 0.188 e. The van der Waals surface area contributed by atoms with Crippen molar-refractivity contribution in [1.82, 2.24) is 9.97 Å². The van der Waals surface area contributed by atoms with E-state index in [0.29, 0.717) is 5.16 Å². The van der Waals surface area contributed by atoms with Crippen molar-refractivity contribution in [1.29, 1.82) is 0 Å². The summed E-state index contributed by atoms with van der Waals surface area (Å²) in [6, 6.07) is 3.13. The molecule has 110 valence electrons. The van der Waals surface area contributed by atoms with Gasteiger partial charge in [-0.2, -0.15) is 0 Å². The number of aryl methyl sites for hydroxylation is 2. The molecule has 0 saturated carbocycles. The predicted octanol–water partition coefficient (Wildman–Crippen LogP) is 3.66. The van der Waals surface area contributed by atoms with Crippen molar-refractivity contribution in [2.45, 2.75) is 25.9 Å². The lowest BCUT2D eigenvalue weighted by atomic mass is 10.1. The third kappa shape index (κ3) is 3.64. The van der Waals surface area contributed by atoms with E-state index in [4.69, 9.17) is 0 Å². The van der Waals surface area contributed by atoms with Crippen molar-refractivity contribution >= 4 is 17.5 Å². The van der Waals surface area contributed by atoms with E-state index in [0.717, 1.165) is 29.1 Å². The molecule has 0 unspecified atom stereocenters. The molecular weight excluding hydrogens is 294 g/mol. The quantitative estimate of drug-likeness (QED) is 0.491. The molecule has 0 aliphatic carbocycles. The molecule has 1 heterocycles. The van der Waals surface area contributed by atoms with Crippen LogP contribution in [-0.4, -0.2) is 21.5 Å². The van der Waals surface area contributed by atoms with E-state index < -0.39 is 11.6 Å². The number of halogens is 2. The van der Waals surface area contributed by atoms with Gasteiger partial charge in [-0.05, 0) is 44.5 Å². The highest BCUT2D eigenvalue weighted by molar-refractivity contribution is 7.99. The molecule has 0 saturated heterocycles. The third-order valence-electron chi connectivity index (χ3n) is 3.19. The Balaban J connectivity index is 2.09. The summed E-state index contributed by atoms with van der Waals surface area (Å²) < 4.78 is 25.9. The fourth-order valence-corrected chi connectivity index (χ4v) is 2.52. The number of Topliss-reactive ketones (excluding diaryl/α,β-unsaturated/α-hetero) is 1. The first kappa shape index (κ1) is 15.6. The predicted molar refractivity (Wildman–Crippen MR) is 77.7 cm³/mol. The van der Waals surface area contributed by atoms with Crippen molar-refractivity contribution < 1.29 is 13.6 Å². The van der Waals surface area contributed by atoms with Gasteiger partial charge in [-0.25, -0.2) is 18.7 Å². The van der Waals surface area contributed by atoms with Gasteiger partial charge in [-0.3, -0.25) is 4.79 Å². The standard InChI is InChI=1S/C15H14F2N2OS/c1-8-9(2)18-15(19-10(8)3)21-7-14(20)11-4-5-12(16)13(17)6-11/h4-6H,7H2,1-3H3. The second-order valence-electron chi connectivity index (χ2n) is 4.64. The Kier molecular flexibility index (Phi) is 4.67. The van der Waals surface area contributed by atoms with Crippen molar-refractivity contribution in [3.8, 4) is 0 Å². The van der Waals surface area contributed by atoms with Crippen LogP contribution < -0.4 is 0 Å². The molecule has 21 heavy (non-hydrogen) atoms. The van der Waals surface area contributed by atoms with Crippen LogP contribution in [-0.2, 0) is 0 Å². The molecule has 0 aliphatic rings. The number of carbonyl (C=O) groups excluding carboxylic acids is 1. The molecule has 1 aromatic carbocycles. The first-order valence-corrected chi connectivity index (χ1v) is 7.30. The molecule has 1 aromatic heterocycles. The Morgan fingerprint density at radius 3 is 2.29 bits per heavy atom. The van der Waals surface area contributed by atoms with Gasteiger partial charge in [0.05, 0.1) is 5.75 Å². The number of thioether (sulfide) groups is 1. The highest BCUT2D eigenvalue weighted by Crippen LogP contribution is 2.19. The van der Waals surface area contributed by atoms with E-state index in [9.17, 15) is 13.6 Å². The Bertz CT molecular complexity index is 681. The van der Waals surface area contributed by atoms with Crippen LogP contribution in [0.25, 0.3) is 0 Å². The maximum absolute atomic E-state index is 13.1. The van der Waals surface area contributed by atoms with Gasteiger partial charge in [0.2, 0.25) is 0 Å². The van der Waals surface area contributed by atoms with Crippen molar-refractivity contribution in [3.63, 3.8) is 0 Å². The van der Waals surface area contributed by atoms with E-state index in [1.165, 1.54) is 17.8 Å². The molecule has 0 N–H and O–H groups in total. The van der Waals surface area contributed by atoms with Crippen LogP contribution in [0.5, 0.6) is 0 Å². The molecule has 2 rings (SSSR count). The zero-order chi connectivity index (χ0) is 15.6. The highest BCUT2D eigenvalue weighted by atomic mass is 32.2.